The quantitative estimate of drug-likeness (QED) is 0.660. The monoisotopic (exact) mass is 366 g/mol. The molecule has 0 radical (unpaired) electrons. The highest BCUT2D eigenvalue weighted by Crippen LogP contribution is 2.35. The Labute approximate surface area is 155 Å². The number of hydrogen-bond donors (Lipinski definition) is 0. The van der Waals surface area contributed by atoms with E-state index in [1.807, 2.05) is 49.4 Å². The number of benzene rings is 2. The van der Waals surface area contributed by atoms with E-state index in [9.17, 15) is 9.59 Å². The summed E-state index contributed by atoms with van der Waals surface area (Å²) in [4.78, 5) is 31.0. The number of anilines is 1. The highest BCUT2D eigenvalue weighted by atomic mass is 32.1. The van der Waals surface area contributed by atoms with Gasteiger partial charge in [0.15, 0.2) is 5.13 Å². The lowest BCUT2D eigenvalue weighted by atomic mass is 9.97. The number of rotatable bonds is 4. The summed E-state index contributed by atoms with van der Waals surface area (Å²) in [7, 11) is 1.59. The number of amides is 2. The number of ether oxygens (including phenoxy) is 1. The average molecular weight is 366 g/mol. The summed E-state index contributed by atoms with van der Waals surface area (Å²) in [6.07, 6.45) is 0.798. The van der Waals surface area contributed by atoms with Crippen LogP contribution >= 0.6 is 11.3 Å². The van der Waals surface area contributed by atoms with Crippen LogP contribution in [-0.2, 0) is 16.0 Å². The Balaban J connectivity index is 1.59. The lowest BCUT2D eigenvalue weighted by Crippen LogP contribution is -2.30. The fraction of sp³-hybridized carbons (Fsp3) is 0.250. The van der Waals surface area contributed by atoms with Gasteiger partial charge >= 0.3 is 0 Å². The van der Waals surface area contributed by atoms with E-state index in [1.165, 1.54) is 21.8 Å². The van der Waals surface area contributed by atoms with Crippen molar-refractivity contribution >= 4 is 38.5 Å². The zero-order valence-corrected chi connectivity index (χ0v) is 15.4. The number of nitrogens with zero attached hydrogens (tertiary/aromatic N) is 2. The second-order valence-corrected chi connectivity index (χ2v) is 7.50. The Morgan fingerprint density at radius 2 is 1.96 bits per heavy atom. The first-order valence-corrected chi connectivity index (χ1v) is 9.24. The van der Waals surface area contributed by atoms with Gasteiger partial charge < -0.3 is 4.74 Å². The van der Waals surface area contributed by atoms with E-state index in [4.69, 9.17) is 4.74 Å². The van der Waals surface area contributed by atoms with Crippen molar-refractivity contribution in [2.24, 2.45) is 5.92 Å². The number of methoxy groups -OCH3 is 1. The van der Waals surface area contributed by atoms with Crippen LogP contribution in [0.2, 0.25) is 0 Å². The van der Waals surface area contributed by atoms with Crippen molar-refractivity contribution in [3.05, 3.63) is 53.6 Å². The van der Waals surface area contributed by atoms with Gasteiger partial charge in [-0.25, -0.2) is 9.88 Å². The second-order valence-electron chi connectivity index (χ2n) is 6.49. The summed E-state index contributed by atoms with van der Waals surface area (Å²) in [6, 6.07) is 13.6. The number of carbonyl (C=O) groups is 2. The maximum atomic E-state index is 12.8. The lowest BCUT2D eigenvalue weighted by molar-refractivity contribution is -0.122. The SMILES string of the molecule is COc1ccc2sc(N3C(=O)C[C@@H](Cc4ccc(C)cc4)C3=O)nc2c1. The Morgan fingerprint density at radius 3 is 2.69 bits per heavy atom. The van der Waals surface area contributed by atoms with Gasteiger partial charge in [-0.3, -0.25) is 9.59 Å². The van der Waals surface area contributed by atoms with Crippen molar-refractivity contribution in [3.8, 4) is 5.75 Å². The molecule has 132 valence electrons. The van der Waals surface area contributed by atoms with Crippen LogP contribution in [0.25, 0.3) is 10.2 Å². The van der Waals surface area contributed by atoms with E-state index >= 15 is 0 Å². The van der Waals surface area contributed by atoms with Gasteiger partial charge in [0.05, 0.1) is 23.2 Å². The predicted octanol–water partition coefficient (Wildman–Crippen LogP) is 3.74. The minimum Gasteiger partial charge on any atom is -0.497 e. The first kappa shape index (κ1) is 16.7. The molecule has 6 heteroatoms. The summed E-state index contributed by atoms with van der Waals surface area (Å²) in [5.41, 5.74) is 2.97. The average Bonchev–Trinajstić information content (AvgIpc) is 3.16. The van der Waals surface area contributed by atoms with Crippen molar-refractivity contribution in [2.45, 2.75) is 19.8 Å². The third-order valence-corrected chi connectivity index (χ3v) is 5.64. The van der Waals surface area contributed by atoms with Gasteiger partial charge in [-0.05, 0) is 31.0 Å². The molecule has 0 bridgehead atoms. The molecule has 1 atom stereocenters. The molecule has 0 saturated carbocycles. The molecule has 0 N–H and O–H groups in total. The fourth-order valence-electron chi connectivity index (χ4n) is 3.18. The number of imide groups is 1. The number of aryl methyl sites for hydroxylation is 1. The van der Waals surface area contributed by atoms with Crippen LogP contribution in [0, 0.1) is 12.8 Å². The van der Waals surface area contributed by atoms with E-state index in [-0.39, 0.29) is 24.2 Å². The maximum absolute atomic E-state index is 12.8. The molecule has 3 aromatic rings. The molecule has 0 aliphatic carbocycles. The number of fused-ring (bicyclic) bond motifs is 1. The highest BCUT2D eigenvalue weighted by molar-refractivity contribution is 7.22. The van der Waals surface area contributed by atoms with E-state index < -0.39 is 0 Å². The molecule has 2 aromatic carbocycles. The molecule has 5 nitrogen and oxygen atoms in total. The zero-order valence-electron chi connectivity index (χ0n) is 14.6. The Kier molecular flexibility index (Phi) is 4.20. The van der Waals surface area contributed by atoms with Crippen LogP contribution in [0.4, 0.5) is 5.13 Å². The molecule has 0 spiro atoms. The van der Waals surface area contributed by atoms with Gasteiger partial charge in [0.25, 0.3) is 0 Å². The van der Waals surface area contributed by atoms with Crippen molar-refractivity contribution < 1.29 is 14.3 Å². The van der Waals surface area contributed by atoms with Crippen molar-refractivity contribution in [1.82, 2.24) is 4.98 Å². The first-order chi connectivity index (χ1) is 12.5. The van der Waals surface area contributed by atoms with Gasteiger partial charge in [-0.1, -0.05) is 41.2 Å². The van der Waals surface area contributed by atoms with E-state index in [1.54, 1.807) is 7.11 Å². The summed E-state index contributed by atoms with van der Waals surface area (Å²) < 4.78 is 6.13. The van der Waals surface area contributed by atoms with Crippen LogP contribution in [0.3, 0.4) is 0 Å². The number of carbonyl (C=O) groups excluding carboxylic acids is 2. The van der Waals surface area contributed by atoms with Crippen LogP contribution in [-0.4, -0.2) is 23.9 Å². The molecule has 26 heavy (non-hydrogen) atoms. The molecule has 4 rings (SSSR count). The zero-order chi connectivity index (χ0) is 18.3. The van der Waals surface area contributed by atoms with E-state index in [0.717, 1.165) is 15.8 Å². The highest BCUT2D eigenvalue weighted by Gasteiger charge is 2.40. The third-order valence-electron chi connectivity index (χ3n) is 4.62. The largest absolute Gasteiger partial charge is 0.497 e. The maximum Gasteiger partial charge on any atom is 0.239 e. The minimum absolute atomic E-state index is 0.165. The lowest BCUT2D eigenvalue weighted by Gasteiger charge is -2.11. The topological polar surface area (TPSA) is 59.5 Å². The molecule has 1 aliphatic heterocycles. The molecule has 1 fully saturated rings. The number of aromatic nitrogens is 1. The van der Waals surface area contributed by atoms with Gasteiger partial charge in [-0.15, -0.1) is 0 Å². The van der Waals surface area contributed by atoms with Gasteiger partial charge in [0, 0.05) is 12.5 Å². The standard InChI is InChI=1S/C20H18N2O3S/c1-12-3-5-13(6-4-12)9-14-10-18(23)22(19(14)24)20-21-16-11-15(25-2)7-8-17(16)26-20/h3-8,11,14H,9-10H2,1-2H3/t14-/m1/s1. The molecule has 1 saturated heterocycles. The minimum atomic E-state index is -0.327. The van der Waals surface area contributed by atoms with Gasteiger partial charge in [-0.2, -0.15) is 0 Å². The van der Waals surface area contributed by atoms with Crippen molar-refractivity contribution in [3.63, 3.8) is 0 Å². The van der Waals surface area contributed by atoms with Crippen LogP contribution in [0.1, 0.15) is 17.5 Å². The molecular weight excluding hydrogens is 348 g/mol. The molecule has 2 amide bonds. The summed E-state index contributed by atoms with van der Waals surface area (Å²) in [6.45, 7) is 2.03. The second kappa shape index (κ2) is 6.53. The smallest absolute Gasteiger partial charge is 0.239 e. The summed E-state index contributed by atoms with van der Waals surface area (Å²) >= 11 is 1.35. The normalized spacial score (nSPS) is 17.3. The Morgan fingerprint density at radius 1 is 1.19 bits per heavy atom. The Bertz CT molecular complexity index is 994. The van der Waals surface area contributed by atoms with Gasteiger partial charge in [0.2, 0.25) is 11.8 Å². The third kappa shape index (κ3) is 2.97. The van der Waals surface area contributed by atoms with Crippen molar-refractivity contribution in [1.29, 1.82) is 0 Å². The van der Waals surface area contributed by atoms with E-state index in [2.05, 4.69) is 4.98 Å². The molecule has 2 heterocycles. The van der Waals surface area contributed by atoms with Crippen LogP contribution in [0.15, 0.2) is 42.5 Å². The van der Waals surface area contributed by atoms with E-state index in [0.29, 0.717) is 17.3 Å². The molecule has 1 aliphatic rings. The molecular formula is C20H18N2O3S. The summed E-state index contributed by atoms with van der Waals surface area (Å²) in [5, 5.41) is 0.439. The molecule has 1 aromatic heterocycles. The number of thiazole rings is 1. The van der Waals surface area contributed by atoms with Crippen LogP contribution in [0.5, 0.6) is 5.75 Å². The number of hydrogen-bond acceptors (Lipinski definition) is 5. The van der Waals surface area contributed by atoms with Gasteiger partial charge in [0.1, 0.15) is 5.75 Å². The summed E-state index contributed by atoms with van der Waals surface area (Å²) in [5.74, 6) is 0.0251. The molecule has 0 unspecified atom stereocenters. The first-order valence-electron chi connectivity index (χ1n) is 8.42. The van der Waals surface area contributed by atoms with Crippen LogP contribution < -0.4 is 9.64 Å². The fourth-order valence-corrected chi connectivity index (χ4v) is 4.15. The van der Waals surface area contributed by atoms with Crippen molar-refractivity contribution in [2.75, 3.05) is 12.0 Å². The predicted molar refractivity (Wildman–Crippen MR) is 102 cm³/mol. The Hall–Kier alpha value is -2.73.